The van der Waals surface area contributed by atoms with Gasteiger partial charge in [-0.05, 0) is 30.5 Å². The van der Waals surface area contributed by atoms with Crippen LogP contribution in [0.3, 0.4) is 0 Å². The first-order valence-electron chi connectivity index (χ1n) is 7.39. The van der Waals surface area contributed by atoms with Gasteiger partial charge in [0.1, 0.15) is 6.54 Å². The van der Waals surface area contributed by atoms with Gasteiger partial charge in [0.05, 0.1) is 5.75 Å². The molecule has 24 heavy (non-hydrogen) atoms. The molecule has 0 aliphatic heterocycles. The van der Waals surface area contributed by atoms with Crippen LogP contribution < -0.4 is 5.32 Å². The third-order valence-electron chi connectivity index (χ3n) is 3.19. The highest BCUT2D eigenvalue weighted by Crippen LogP contribution is 2.09. The molecule has 7 nitrogen and oxygen atoms in total. The molecule has 1 aromatic rings. The van der Waals surface area contributed by atoms with Gasteiger partial charge in [-0.15, -0.1) is 0 Å². The van der Waals surface area contributed by atoms with Crippen molar-refractivity contribution >= 4 is 28.0 Å². The van der Waals surface area contributed by atoms with Crippen molar-refractivity contribution in [3.05, 3.63) is 41.5 Å². The predicted octanol–water partition coefficient (Wildman–Crippen LogP) is 1.19. The lowest BCUT2D eigenvalue weighted by molar-refractivity contribution is -0.135. The third-order valence-corrected chi connectivity index (χ3v) is 5.11. The molecular weight excluding hydrogens is 332 g/mol. The highest BCUT2D eigenvalue weighted by Gasteiger charge is 2.11. The topological polar surface area (TPSA) is 104 Å². The standard InChI is InChI=1S/C16H22N2O5S/c1-18(2)24(22,23)10-5-3-4-7-13-8-6-9-14(11-13)16(21)17-12-15(19)20/h4,6-9,11H,3,5,10,12H2,1-2H3,(H,17,21)(H,19,20)/b7-4-. The van der Waals surface area contributed by atoms with Crippen molar-refractivity contribution < 1.29 is 23.1 Å². The van der Waals surface area contributed by atoms with Crippen molar-refractivity contribution in [3.8, 4) is 0 Å². The molecule has 0 radical (unpaired) electrons. The second-order valence-corrected chi connectivity index (χ2v) is 7.65. The number of hydrogen-bond acceptors (Lipinski definition) is 4. The van der Waals surface area contributed by atoms with E-state index in [9.17, 15) is 18.0 Å². The Bertz CT molecular complexity index is 711. The summed E-state index contributed by atoms with van der Waals surface area (Å²) in [6.07, 6.45) is 4.76. The van der Waals surface area contributed by atoms with E-state index in [1.807, 2.05) is 6.08 Å². The fourth-order valence-corrected chi connectivity index (χ4v) is 2.72. The van der Waals surface area contributed by atoms with Crippen LogP contribution in [0.2, 0.25) is 0 Å². The average Bonchev–Trinajstić information content (AvgIpc) is 2.52. The number of hydrogen-bond donors (Lipinski definition) is 2. The number of nitrogens with one attached hydrogen (secondary N) is 1. The summed E-state index contributed by atoms with van der Waals surface area (Å²) < 4.78 is 24.4. The molecule has 0 bridgehead atoms. The molecule has 1 aromatic carbocycles. The van der Waals surface area contributed by atoms with Crippen LogP contribution in [-0.2, 0) is 14.8 Å². The van der Waals surface area contributed by atoms with Gasteiger partial charge < -0.3 is 10.4 Å². The number of benzene rings is 1. The van der Waals surface area contributed by atoms with Crippen molar-refractivity contribution in [2.45, 2.75) is 12.8 Å². The van der Waals surface area contributed by atoms with E-state index in [0.29, 0.717) is 18.4 Å². The molecule has 1 amide bonds. The Morgan fingerprint density at radius 2 is 2.00 bits per heavy atom. The number of nitrogens with zero attached hydrogens (tertiary/aromatic N) is 1. The van der Waals surface area contributed by atoms with Crippen LogP contribution in [0.5, 0.6) is 0 Å². The third kappa shape index (κ3) is 6.93. The number of allylic oxidation sites excluding steroid dienone is 1. The van der Waals surface area contributed by atoms with Crippen molar-refractivity contribution in [2.75, 3.05) is 26.4 Å². The van der Waals surface area contributed by atoms with Crippen LogP contribution in [0.1, 0.15) is 28.8 Å². The van der Waals surface area contributed by atoms with Crippen LogP contribution in [0.25, 0.3) is 6.08 Å². The molecule has 0 atom stereocenters. The van der Waals surface area contributed by atoms with Crippen LogP contribution in [0.4, 0.5) is 0 Å². The molecule has 8 heteroatoms. The molecular formula is C16H22N2O5S. The lowest BCUT2D eigenvalue weighted by Gasteiger charge is -2.09. The van der Waals surface area contributed by atoms with Crippen molar-refractivity contribution in [1.29, 1.82) is 0 Å². The summed E-state index contributed by atoms with van der Waals surface area (Å²) >= 11 is 0. The van der Waals surface area contributed by atoms with Crippen molar-refractivity contribution in [1.82, 2.24) is 9.62 Å². The number of carbonyl (C=O) groups is 2. The smallest absolute Gasteiger partial charge is 0.322 e. The maximum absolute atomic E-state index is 11.8. The number of sulfonamides is 1. The summed E-state index contributed by atoms with van der Waals surface area (Å²) in [6, 6.07) is 6.75. The molecule has 0 aliphatic carbocycles. The molecule has 0 heterocycles. The lowest BCUT2D eigenvalue weighted by atomic mass is 10.1. The first-order valence-corrected chi connectivity index (χ1v) is 9.00. The Morgan fingerprint density at radius 1 is 1.29 bits per heavy atom. The fourth-order valence-electron chi connectivity index (χ4n) is 1.83. The van der Waals surface area contributed by atoms with Crippen molar-refractivity contribution in [3.63, 3.8) is 0 Å². The molecule has 1 rings (SSSR count). The monoisotopic (exact) mass is 354 g/mol. The zero-order valence-corrected chi connectivity index (χ0v) is 14.5. The highest BCUT2D eigenvalue weighted by molar-refractivity contribution is 7.89. The van der Waals surface area contributed by atoms with E-state index < -0.39 is 28.4 Å². The Balaban J connectivity index is 2.55. The first kappa shape index (κ1) is 19.9. The molecule has 2 N–H and O–H groups in total. The Labute approximate surface area is 142 Å². The van der Waals surface area contributed by atoms with Gasteiger partial charge in [0.15, 0.2) is 0 Å². The summed E-state index contributed by atoms with van der Waals surface area (Å²) in [4.78, 5) is 22.2. The molecule has 132 valence electrons. The molecule has 0 spiro atoms. The number of unbranched alkanes of at least 4 members (excludes halogenated alkanes) is 1. The van der Waals surface area contributed by atoms with E-state index in [1.54, 1.807) is 30.3 Å². The second kappa shape index (κ2) is 9.19. The molecule has 0 saturated carbocycles. The van der Waals surface area contributed by atoms with Gasteiger partial charge in [0.2, 0.25) is 10.0 Å². The van der Waals surface area contributed by atoms with Crippen molar-refractivity contribution in [2.24, 2.45) is 0 Å². The molecule has 0 saturated heterocycles. The summed E-state index contributed by atoms with van der Waals surface area (Å²) in [7, 11) is -0.164. The second-order valence-electron chi connectivity index (χ2n) is 5.34. The number of carboxylic acids is 1. The maximum atomic E-state index is 11.8. The average molecular weight is 354 g/mol. The lowest BCUT2D eigenvalue weighted by Crippen LogP contribution is -2.29. The number of aliphatic carboxylic acids is 1. The summed E-state index contributed by atoms with van der Waals surface area (Å²) in [5.41, 5.74) is 1.15. The maximum Gasteiger partial charge on any atom is 0.322 e. The number of rotatable bonds is 9. The van der Waals surface area contributed by atoms with Gasteiger partial charge in [0.25, 0.3) is 5.91 Å². The van der Waals surface area contributed by atoms with Gasteiger partial charge in [-0.25, -0.2) is 12.7 Å². The number of amides is 1. The van der Waals surface area contributed by atoms with Gasteiger partial charge in [-0.2, -0.15) is 0 Å². The van der Waals surface area contributed by atoms with Gasteiger partial charge >= 0.3 is 5.97 Å². The van der Waals surface area contributed by atoms with Gasteiger partial charge in [-0.1, -0.05) is 24.3 Å². The van der Waals surface area contributed by atoms with Gasteiger partial charge in [-0.3, -0.25) is 9.59 Å². The first-order chi connectivity index (χ1) is 11.2. The van der Waals surface area contributed by atoms with E-state index in [0.717, 1.165) is 5.56 Å². The Kier molecular flexibility index (Phi) is 7.60. The minimum Gasteiger partial charge on any atom is -0.480 e. The minimum atomic E-state index is -3.18. The zero-order chi connectivity index (χ0) is 18.2. The van der Waals surface area contributed by atoms with E-state index in [4.69, 9.17) is 5.11 Å². The van der Waals surface area contributed by atoms with E-state index in [2.05, 4.69) is 5.32 Å². The quantitative estimate of drug-likeness (QED) is 0.648. The van der Waals surface area contributed by atoms with Crippen LogP contribution >= 0.6 is 0 Å². The van der Waals surface area contributed by atoms with E-state index in [-0.39, 0.29) is 5.75 Å². The highest BCUT2D eigenvalue weighted by atomic mass is 32.2. The van der Waals surface area contributed by atoms with E-state index >= 15 is 0 Å². The van der Waals surface area contributed by atoms with Crippen LogP contribution in [0, 0.1) is 0 Å². The summed E-state index contributed by atoms with van der Waals surface area (Å²) in [5, 5.41) is 10.8. The normalized spacial score (nSPS) is 11.8. The Hall–Kier alpha value is -2.19. The number of carbonyl (C=O) groups excluding carboxylic acids is 1. The Morgan fingerprint density at radius 3 is 2.62 bits per heavy atom. The largest absolute Gasteiger partial charge is 0.480 e. The van der Waals surface area contributed by atoms with Crippen LogP contribution in [-0.4, -0.2) is 56.1 Å². The van der Waals surface area contributed by atoms with Crippen LogP contribution in [0.15, 0.2) is 30.3 Å². The molecule has 0 aromatic heterocycles. The van der Waals surface area contributed by atoms with Gasteiger partial charge in [0, 0.05) is 19.7 Å². The molecule has 0 fully saturated rings. The molecule has 0 unspecified atom stereocenters. The van der Waals surface area contributed by atoms with E-state index in [1.165, 1.54) is 18.4 Å². The SMILES string of the molecule is CN(C)S(=O)(=O)CCC/C=C\c1cccc(C(=O)NCC(=O)O)c1. The summed E-state index contributed by atoms with van der Waals surface area (Å²) in [5.74, 6) is -1.47. The summed E-state index contributed by atoms with van der Waals surface area (Å²) in [6.45, 7) is -0.431. The predicted molar refractivity (Wildman–Crippen MR) is 92.2 cm³/mol. The number of carboxylic acid groups (broad SMARTS) is 1. The zero-order valence-electron chi connectivity index (χ0n) is 13.7. The minimum absolute atomic E-state index is 0.0853. The molecule has 0 aliphatic rings. The fraction of sp³-hybridized carbons (Fsp3) is 0.375.